The topological polar surface area (TPSA) is 83.8 Å². The van der Waals surface area contributed by atoms with E-state index in [-0.39, 0.29) is 18.9 Å². The van der Waals surface area contributed by atoms with Crippen LogP contribution in [0.4, 0.5) is 0 Å². The van der Waals surface area contributed by atoms with E-state index in [1.165, 1.54) is 64.2 Å². The van der Waals surface area contributed by atoms with E-state index in [2.05, 4.69) is 6.92 Å². The highest BCUT2D eigenvalue weighted by Crippen LogP contribution is 2.33. The van der Waals surface area contributed by atoms with Crippen molar-refractivity contribution in [3.63, 3.8) is 0 Å². The number of cyclic esters (lactones) is 1. The van der Waals surface area contributed by atoms with Gasteiger partial charge in [0.05, 0.1) is 18.4 Å². The molecule has 0 amide bonds. The van der Waals surface area contributed by atoms with E-state index in [1.807, 2.05) is 0 Å². The summed E-state index contributed by atoms with van der Waals surface area (Å²) >= 11 is 0. The first-order valence-electron chi connectivity index (χ1n) is 11.5. The van der Waals surface area contributed by atoms with Crippen LogP contribution in [0.15, 0.2) is 0 Å². The number of esters is 1. The predicted octanol–water partition coefficient (Wildman–Crippen LogP) is 5.24. The van der Waals surface area contributed by atoms with Gasteiger partial charge in [-0.2, -0.15) is 0 Å². The van der Waals surface area contributed by atoms with Crippen LogP contribution in [0, 0.1) is 11.8 Å². The second kappa shape index (κ2) is 11.8. The second-order valence-electron chi connectivity index (χ2n) is 9.36. The van der Waals surface area contributed by atoms with Gasteiger partial charge in [-0.15, -0.1) is 0 Å². The number of rotatable bonds is 12. The third-order valence-electron chi connectivity index (χ3n) is 6.75. The molecule has 162 valence electrons. The summed E-state index contributed by atoms with van der Waals surface area (Å²) in [4.78, 5) is 22.6. The summed E-state index contributed by atoms with van der Waals surface area (Å²) in [6.07, 6.45) is 15.7. The van der Waals surface area contributed by atoms with Crippen LogP contribution < -0.4 is 0 Å². The zero-order chi connectivity index (χ0) is 20.4. The molecule has 1 aliphatic heterocycles. The molecule has 5 nitrogen and oxygen atoms in total. The first-order valence-corrected chi connectivity index (χ1v) is 11.5. The average Bonchev–Trinajstić information content (AvgIpc) is 2.62. The lowest BCUT2D eigenvalue weighted by Gasteiger charge is -2.35. The monoisotopic (exact) mass is 396 g/mol. The number of carbonyl (C=O) groups excluding carboxylic acids is 1. The predicted molar refractivity (Wildman–Crippen MR) is 109 cm³/mol. The van der Waals surface area contributed by atoms with Crippen molar-refractivity contribution in [1.29, 1.82) is 0 Å². The number of carbonyl (C=O) groups is 2. The summed E-state index contributed by atoms with van der Waals surface area (Å²) in [7, 11) is 0. The van der Waals surface area contributed by atoms with Crippen molar-refractivity contribution in [2.24, 2.45) is 11.8 Å². The van der Waals surface area contributed by atoms with Gasteiger partial charge in [-0.25, -0.2) is 0 Å². The lowest BCUT2D eigenvalue weighted by Crippen LogP contribution is -2.44. The summed E-state index contributed by atoms with van der Waals surface area (Å²) in [6.45, 7) is 2.44. The molecular formula is C23H40O5. The van der Waals surface area contributed by atoms with Crippen molar-refractivity contribution in [2.75, 3.05) is 0 Å². The normalized spacial score (nSPS) is 27.4. The molecule has 2 rings (SSSR count). The third kappa shape index (κ3) is 8.50. The summed E-state index contributed by atoms with van der Waals surface area (Å²) < 4.78 is 5.30. The van der Waals surface area contributed by atoms with Crippen LogP contribution in [-0.2, 0) is 14.3 Å². The van der Waals surface area contributed by atoms with Crippen molar-refractivity contribution in [3.8, 4) is 0 Å². The molecule has 0 aromatic rings. The van der Waals surface area contributed by atoms with Crippen LogP contribution in [-0.4, -0.2) is 33.9 Å². The van der Waals surface area contributed by atoms with Crippen LogP contribution in [0.5, 0.6) is 0 Å². The van der Waals surface area contributed by atoms with Gasteiger partial charge >= 0.3 is 11.9 Å². The van der Waals surface area contributed by atoms with Crippen molar-refractivity contribution in [3.05, 3.63) is 0 Å². The molecule has 0 aromatic carbocycles. The van der Waals surface area contributed by atoms with Crippen molar-refractivity contribution in [1.82, 2.24) is 0 Å². The van der Waals surface area contributed by atoms with Crippen molar-refractivity contribution >= 4 is 11.9 Å². The zero-order valence-corrected chi connectivity index (χ0v) is 17.7. The molecule has 2 aliphatic rings. The number of carboxylic acid groups (broad SMARTS) is 1. The maximum atomic E-state index is 11.7. The molecule has 0 spiro atoms. The molecule has 1 saturated heterocycles. The van der Waals surface area contributed by atoms with Gasteiger partial charge in [-0.05, 0) is 24.7 Å². The minimum Gasteiger partial charge on any atom is -0.481 e. The number of aliphatic hydroxyl groups is 1. The molecule has 2 fully saturated rings. The highest BCUT2D eigenvalue weighted by molar-refractivity contribution is 5.75. The first-order chi connectivity index (χ1) is 13.4. The Bertz CT molecular complexity index is 481. The minimum absolute atomic E-state index is 0.213. The molecule has 28 heavy (non-hydrogen) atoms. The molecule has 3 atom stereocenters. The number of unbranched alkanes of at least 4 members (excludes halogenated alkanes) is 5. The van der Waals surface area contributed by atoms with Crippen molar-refractivity contribution in [2.45, 2.75) is 121 Å². The molecule has 1 saturated carbocycles. The molecule has 1 heterocycles. The Morgan fingerprint density at radius 2 is 1.75 bits per heavy atom. The smallest absolute Gasteiger partial charge is 0.309 e. The molecule has 5 heteroatoms. The van der Waals surface area contributed by atoms with Gasteiger partial charge in [-0.1, -0.05) is 77.6 Å². The Kier molecular flexibility index (Phi) is 9.76. The summed E-state index contributed by atoms with van der Waals surface area (Å²) in [5, 5.41) is 19.3. The van der Waals surface area contributed by atoms with E-state index < -0.39 is 24.0 Å². The van der Waals surface area contributed by atoms with Crippen LogP contribution in [0.1, 0.15) is 110 Å². The maximum Gasteiger partial charge on any atom is 0.309 e. The van der Waals surface area contributed by atoms with Gasteiger partial charge in [0.1, 0.15) is 6.10 Å². The Balaban J connectivity index is 1.50. The van der Waals surface area contributed by atoms with Gasteiger partial charge in [0.15, 0.2) is 0 Å². The largest absolute Gasteiger partial charge is 0.481 e. The second-order valence-corrected chi connectivity index (χ2v) is 9.36. The molecule has 0 bridgehead atoms. The maximum absolute atomic E-state index is 11.7. The van der Waals surface area contributed by atoms with Crippen LogP contribution in [0.3, 0.4) is 0 Å². The van der Waals surface area contributed by atoms with Gasteiger partial charge in [0, 0.05) is 6.42 Å². The fraction of sp³-hybridized carbons (Fsp3) is 0.913. The molecular weight excluding hydrogens is 356 g/mol. The van der Waals surface area contributed by atoms with Crippen LogP contribution in [0.2, 0.25) is 0 Å². The van der Waals surface area contributed by atoms with E-state index in [9.17, 15) is 14.7 Å². The lowest BCUT2D eigenvalue weighted by atomic mass is 9.79. The number of hydrogen-bond donors (Lipinski definition) is 2. The van der Waals surface area contributed by atoms with Crippen LogP contribution >= 0.6 is 0 Å². The van der Waals surface area contributed by atoms with Crippen molar-refractivity contribution < 1.29 is 24.5 Å². The zero-order valence-electron chi connectivity index (χ0n) is 17.7. The van der Waals surface area contributed by atoms with E-state index in [1.54, 1.807) is 0 Å². The number of carboxylic acids is 1. The minimum atomic E-state index is -1.44. The highest BCUT2D eigenvalue weighted by Gasteiger charge is 2.41. The third-order valence-corrected chi connectivity index (χ3v) is 6.75. The number of hydrogen-bond acceptors (Lipinski definition) is 4. The SMILES string of the molecule is CC(CCCCCCCCC1CC(O)(CC(=O)O)CC(=O)O1)C1CCCCC1. The number of ether oxygens (including phenoxy) is 1. The van der Waals surface area contributed by atoms with Gasteiger partial charge in [0.2, 0.25) is 0 Å². The Labute approximate surface area is 170 Å². The van der Waals surface area contributed by atoms with E-state index in [0.717, 1.165) is 24.7 Å². The summed E-state index contributed by atoms with van der Waals surface area (Å²) in [5.41, 5.74) is -1.44. The fourth-order valence-electron chi connectivity index (χ4n) is 5.10. The molecule has 1 aliphatic carbocycles. The van der Waals surface area contributed by atoms with Gasteiger partial charge in [0.25, 0.3) is 0 Å². The fourth-order valence-corrected chi connectivity index (χ4v) is 5.10. The Hall–Kier alpha value is -1.10. The van der Waals surface area contributed by atoms with E-state index in [4.69, 9.17) is 9.84 Å². The Morgan fingerprint density at radius 3 is 2.43 bits per heavy atom. The average molecular weight is 397 g/mol. The highest BCUT2D eigenvalue weighted by atomic mass is 16.5. The number of aliphatic carboxylic acids is 1. The Morgan fingerprint density at radius 1 is 1.11 bits per heavy atom. The standard InChI is InChI=1S/C23H40O5/c1-18(19-12-8-6-9-13-19)11-7-4-2-3-5-10-14-20-15-23(27,16-21(24)25)17-22(26)28-20/h18-20,27H,2-17H2,1H3,(H,24,25). The summed E-state index contributed by atoms with van der Waals surface area (Å²) in [6, 6.07) is 0. The quantitative estimate of drug-likeness (QED) is 0.348. The van der Waals surface area contributed by atoms with Crippen LogP contribution in [0.25, 0.3) is 0 Å². The molecule has 3 unspecified atom stereocenters. The van der Waals surface area contributed by atoms with Gasteiger partial charge in [-0.3, -0.25) is 9.59 Å². The lowest BCUT2D eigenvalue weighted by molar-refractivity contribution is -0.173. The van der Waals surface area contributed by atoms with Gasteiger partial charge < -0.3 is 14.9 Å². The molecule has 2 N–H and O–H groups in total. The van der Waals surface area contributed by atoms with E-state index >= 15 is 0 Å². The van der Waals surface area contributed by atoms with E-state index in [0.29, 0.717) is 6.42 Å². The molecule has 0 aromatic heterocycles. The summed E-state index contributed by atoms with van der Waals surface area (Å²) in [5.74, 6) is 0.290. The molecule has 0 radical (unpaired) electrons. The first kappa shape index (κ1) is 23.2.